The number of aliphatic hydroxyl groups is 1. The average molecular weight is 387 g/mol. The molecule has 144 valence electrons. The van der Waals surface area contributed by atoms with Gasteiger partial charge >= 0.3 is 0 Å². The van der Waals surface area contributed by atoms with E-state index in [1.807, 2.05) is 49.2 Å². The summed E-state index contributed by atoms with van der Waals surface area (Å²) in [6.07, 6.45) is 1.77. The fourth-order valence-electron chi connectivity index (χ4n) is 3.45. The van der Waals surface area contributed by atoms with Crippen LogP contribution in [-0.4, -0.2) is 37.9 Å². The van der Waals surface area contributed by atoms with E-state index in [1.165, 1.54) is 0 Å². The Morgan fingerprint density at radius 1 is 1.07 bits per heavy atom. The van der Waals surface area contributed by atoms with Gasteiger partial charge in [-0.1, -0.05) is 54.4 Å². The molecule has 2 aromatic rings. The summed E-state index contributed by atoms with van der Waals surface area (Å²) < 4.78 is 29.9. The fourth-order valence-corrected chi connectivity index (χ4v) is 4.55. The van der Waals surface area contributed by atoms with Crippen LogP contribution in [0, 0.1) is 12.8 Å². The summed E-state index contributed by atoms with van der Waals surface area (Å²) in [5, 5.41) is 11.0. The number of likely N-dealkylation sites (tertiary alicyclic amines) is 1. The van der Waals surface area contributed by atoms with Crippen molar-refractivity contribution in [2.45, 2.75) is 37.2 Å². The standard InChI is InChI=1S/C21H26N2O3S/c1-16-11-13-18(14-12-16)27(25,26)22-21-19(10-6-7-15-23(21)2)20(24)17-8-4-3-5-9-17/h3-5,8-9,11-14,19-20,24H,6-7,10,15H2,1-2H3/b22-21-/t19-,20+/m0/s1. The number of sulfonamides is 1. The monoisotopic (exact) mass is 386 g/mol. The van der Waals surface area contributed by atoms with E-state index in [1.54, 1.807) is 24.3 Å². The fraction of sp³-hybridized carbons (Fsp3) is 0.381. The van der Waals surface area contributed by atoms with E-state index in [-0.39, 0.29) is 10.8 Å². The SMILES string of the molecule is Cc1ccc(S(=O)(=O)/N=C2/[C@H]([C@H](O)c3ccccc3)CCCCN2C)cc1. The van der Waals surface area contributed by atoms with Crippen molar-refractivity contribution in [3.63, 3.8) is 0 Å². The van der Waals surface area contributed by atoms with E-state index in [0.29, 0.717) is 12.3 Å². The molecule has 0 aliphatic carbocycles. The van der Waals surface area contributed by atoms with E-state index < -0.39 is 16.1 Å². The van der Waals surface area contributed by atoms with Crippen molar-refractivity contribution in [3.8, 4) is 0 Å². The Morgan fingerprint density at radius 2 is 1.74 bits per heavy atom. The van der Waals surface area contributed by atoms with Gasteiger partial charge in [0.2, 0.25) is 0 Å². The Hall–Kier alpha value is -2.18. The first kappa shape index (κ1) is 19.6. The minimum atomic E-state index is -3.84. The van der Waals surface area contributed by atoms with Gasteiger partial charge in [0.25, 0.3) is 10.0 Å². The molecule has 0 spiro atoms. The maximum absolute atomic E-state index is 12.9. The molecule has 1 fully saturated rings. The van der Waals surface area contributed by atoms with Gasteiger partial charge in [0, 0.05) is 19.5 Å². The zero-order chi connectivity index (χ0) is 19.4. The van der Waals surface area contributed by atoms with Gasteiger partial charge in [0.1, 0.15) is 5.84 Å². The van der Waals surface area contributed by atoms with Gasteiger partial charge in [0.05, 0.1) is 11.0 Å². The maximum atomic E-state index is 12.9. The normalized spacial score (nSPS) is 21.1. The highest BCUT2D eigenvalue weighted by Crippen LogP contribution is 2.31. The molecule has 2 atom stereocenters. The molecule has 3 rings (SSSR count). The molecule has 1 saturated heterocycles. The summed E-state index contributed by atoms with van der Waals surface area (Å²) in [6.45, 7) is 2.63. The van der Waals surface area contributed by atoms with Crippen LogP contribution in [0.2, 0.25) is 0 Å². The van der Waals surface area contributed by atoms with Gasteiger partial charge in [-0.15, -0.1) is 4.40 Å². The lowest BCUT2D eigenvalue weighted by molar-refractivity contribution is 0.132. The number of aryl methyl sites for hydroxylation is 1. The largest absolute Gasteiger partial charge is 0.388 e. The Kier molecular flexibility index (Phi) is 5.97. The van der Waals surface area contributed by atoms with Crippen LogP contribution in [0.1, 0.15) is 36.5 Å². The highest BCUT2D eigenvalue weighted by Gasteiger charge is 2.32. The number of hydrogen-bond donors (Lipinski definition) is 1. The summed E-state index contributed by atoms with van der Waals surface area (Å²) in [7, 11) is -1.99. The zero-order valence-electron chi connectivity index (χ0n) is 15.7. The van der Waals surface area contributed by atoms with Crippen LogP contribution in [-0.2, 0) is 10.0 Å². The summed E-state index contributed by atoms with van der Waals surface area (Å²) in [5.74, 6) is 0.0737. The third kappa shape index (κ3) is 4.57. The summed E-state index contributed by atoms with van der Waals surface area (Å²) in [5.41, 5.74) is 1.77. The topological polar surface area (TPSA) is 70.0 Å². The van der Waals surface area contributed by atoms with Crippen molar-refractivity contribution < 1.29 is 13.5 Å². The van der Waals surface area contributed by atoms with Crippen molar-refractivity contribution in [2.75, 3.05) is 13.6 Å². The van der Waals surface area contributed by atoms with E-state index in [0.717, 1.165) is 30.5 Å². The molecule has 2 aromatic carbocycles. The number of hydrogen-bond acceptors (Lipinski definition) is 3. The van der Waals surface area contributed by atoms with Crippen molar-refractivity contribution in [3.05, 3.63) is 65.7 Å². The second-order valence-corrected chi connectivity index (χ2v) is 8.72. The van der Waals surface area contributed by atoms with Crippen LogP contribution >= 0.6 is 0 Å². The molecule has 0 unspecified atom stereocenters. The average Bonchev–Trinajstić information content (AvgIpc) is 2.84. The molecule has 1 N–H and O–H groups in total. The summed E-state index contributed by atoms with van der Waals surface area (Å²) in [4.78, 5) is 2.04. The highest BCUT2D eigenvalue weighted by molar-refractivity contribution is 7.90. The first-order valence-electron chi connectivity index (χ1n) is 9.24. The van der Waals surface area contributed by atoms with Gasteiger partial charge in [-0.25, -0.2) is 0 Å². The van der Waals surface area contributed by atoms with E-state index in [9.17, 15) is 13.5 Å². The number of rotatable bonds is 4. The van der Waals surface area contributed by atoms with Crippen LogP contribution in [0.3, 0.4) is 0 Å². The van der Waals surface area contributed by atoms with Crippen molar-refractivity contribution in [1.82, 2.24) is 4.90 Å². The van der Waals surface area contributed by atoms with Crippen LogP contribution in [0.25, 0.3) is 0 Å². The molecule has 5 nitrogen and oxygen atoms in total. The molecule has 1 aliphatic rings. The van der Waals surface area contributed by atoms with Gasteiger partial charge in [-0.05, 0) is 37.5 Å². The number of benzene rings is 2. The van der Waals surface area contributed by atoms with Gasteiger partial charge < -0.3 is 10.0 Å². The molecule has 1 heterocycles. The highest BCUT2D eigenvalue weighted by atomic mass is 32.2. The minimum Gasteiger partial charge on any atom is -0.388 e. The van der Waals surface area contributed by atoms with Crippen molar-refractivity contribution in [1.29, 1.82) is 0 Å². The second kappa shape index (κ2) is 8.23. The first-order valence-corrected chi connectivity index (χ1v) is 10.7. The predicted molar refractivity (Wildman–Crippen MR) is 107 cm³/mol. The van der Waals surface area contributed by atoms with Crippen LogP contribution in [0.4, 0.5) is 0 Å². The van der Waals surface area contributed by atoms with Crippen LogP contribution in [0.15, 0.2) is 63.9 Å². The number of amidine groups is 1. The third-order valence-electron chi connectivity index (χ3n) is 5.04. The molecule has 0 aromatic heterocycles. The molecule has 0 radical (unpaired) electrons. The summed E-state index contributed by atoms with van der Waals surface area (Å²) in [6, 6.07) is 16.1. The second-order valence-electron chi connectivity index (χ2n) is 7.12. The molecule has 0 amide bonds. The smallest absolute Gasteiger partial charge is 0.283 e. The van der Waals surface area contributed by atoms with Gasteiger partial charge in [-0.2, -0.15) is 8.42 Å². The van der Waals surface area contributed by atoms with Crippen LogP contribution in [0.5, 0.6) is 0 Å². The lowest BCUT2D eigenvalue weighted by atomic mass is 9.91. The predicted octanol–water partition coefficient (Wildman–Crippen LogP) is 3.55. The summed E-state index contributed by atoms with van der Waals surface area (Å²) >= 11 is 0. The molecule has 1 aliphatic heterocycles. The van der Waals surface area contributed by atoms with Crippen LogP contribution < -0.4 is 0 Å². The van der Waals surface area contributed by atoms with E-state index in [2.05, 4.69) is 4.40 Å². The quantitative estimate of drug-likeness (QED) is 0.872. The molecule has 6 heteroatoms. The molecule has 27 heavy (non-hydrogen) atoms. The van der Waals surface area contributed by atoms with Gasteiger partial charge in [-0.3, -0.25) is 0 Å². The van der Waals surface area contributed by atoms with Gasteiger partial charge in [0.15, 0.2) is 0 Å². The third-order valence-corrected chi connectivity index (χ3v) is 6.33. The Balaban J connectivity index is 2.01. The van der Waals surface area contributed by atoms with E-state index >= 15 is 0 Å². The molecule has 0 bridgehead atoms. The van der Waals surface area contributed by atoms with E-state index in [4.69, 9.17) is 0 Å². The molecular weight excluding hydrogens is 360 g/mol. The number of aliphatic hydroxyl groups excluding tert-OH is 1. The minimum absolute atomic E-state index is 0.172. The lowest BCUT2D eigenvalue weighted by Gasteiger charge is -2.28. The van der Waals surface area contributed by atoms with Crippen molar-refractivity contribution >= 4 is 15.9 Å². The maximum Gasteiger partial charge on any atom is 0.283 e. The Bertz CT molecular complexity index is 893. The lowest BCUT2D eigenvalue weighted by Crippen LogP contribution is -2.35. The zero-order valence-corrected chi connectivity index (χ0v) is 16.6. The first-order chi connectivity index (χ1) is 12.9. The Labute approximate surface area is 161 Å². The number of nitrogens with zero attached hydrogens (tertiary/aromatic N) is 2. The Morgan fingerprint density at radius 3 is 2.41 bits per heavy atom. The molecular formula is C21H26N2O3S. The molecule has 0 saturated carbocycles. The van der Waals surface area contributed by atoms with Crippen molar-refractivity contribution in [2.24, 2.45) is 10.3 Å².